The maximum Gasteiger partial charge on any atom is 0.237 e. The Morgan fingerprint density at radius 2 is 2.21 bits per heavy atom. The zero-order valence-corrected chi connectivity index (χ0v) is 14.8. The Morgan fingerprint density at radius 3 is 2.96 bits per heavy atom. The summed E-state index contributed by atoms with van der Waals surface area (Å²) in [7, 11) is 1.70. The van der Waals surface area contributed by atoms with Gasteiger partial charge in [0.25, 0.3) is 0 Å². The van der Waals surface area contributed by atoms with E-state index in [0.29, 0.717) is 5.92 Å². The lowest BCUT2D eigenvalue weighted by Crippen LogP contribution is -2.44. The molecule has 1 aromatic rings. The molecular formula is C18H29N5O. The van der Waals surface area contributed by atoms with Crippen LogP contribution in [-0.2, 0) is 4.79 Å². The van der Waals surface area contributed by atoms with E-state index < -0.39 is 0 Å². The molecule has 24 heavy (non-hydrogen) atoms. The minimum atomic E-state index is -0.107. The van der Waals surface area contributed by atoms with E-state index in [9.17, 15) is 4.79 Å². The number of nitrogens with two attached hydrogens (primary N) is 1. The van der Waals surface area contributed by atoms with Gasteiger partial charge in [-0.25, -0.2) is 5.43 Å². The molecule has 6 nitrogen and oxygen atoms in total. The summed E-state index contributed by atoms with van der Waals surface area (Å²) in [5.74, 6) is 0.480. The van der Waals surface area contributed by atoms with Crippen molar-refractivity contribution in [3.05, 3.63) is 34.9 Å². The highest BCUT2D eigenvalue weighted by Crippen LogP contribution is 2.30. The van der Waals surface area contributed by atoms with Crippen molar-refractivity contribution in [2.24, 2.45) is 11.7 Å². The van der Waals surface area contributed by atoms with Crippen LogP contribution in [0.15, 0.2) is 18.2 Å². The molecule has 3 rings (SSSR count). The number of nitrogens with one attached hydrogen (secondary N) is 3. The lowest BCUT2D eigenvalue weighted by molar-refractivity contribution is -0.125. The van der Waals surface area contributed by atoms with Crippen molar-refractivity contribution >= 4 is 5.91 Å². The van der Waals surface area contributed by atoms with E-state index in [1.807, 2.05) is 0 Å². The summed E-state index contributed by atoms with van der Waals surface area (Å²) in [6.45, 7) is 6.83. The summed E-state index contributed by atoms with van der Waals surface area (Å²) in [5, 5.41) is 2.77. The molecule has 2 heterocycles. The third kappa shape index (κ3) is 3.47. The molecular weight excluding hydrogens is 302 g/mol. The van der Waals surface area contributed by atoms with Crippen LogP contribution < -0.4 is 21.9 Å². The van der Waals surface area contributed by atoms with E-state index in [4.69, 9.17) is 5.73 Å². The standard InChI is InChI=1S/C18H29N5O/c1-11-4-5-12(2)15(6-11)17-13(8-21-22-17)9-23-10-14(19)7-16(23)18(24)20-3/h4-6,13-14,16-17,21-22H,7-10,19H2,1-3H3,(H,20,24)/t13?,14-,16+,17?/m1/s1. The molecule has 2 saturated heterocycles. The summed E-state index contributed by atoms with van der Waals surface area (Å²) >= 11 is 0. The first-order valence-corrected chi connectivity index (χ1v) is 8.76. The predicted octanol–water partition coefficient (Wildman–Crippen LogP) is 0.216. The number of rotatable bonds is 4. The second-order valence-electron chi connectivity index (χ2n) is 7.20. The number of likely N-dealkylation sites (N-methyl/N-ethyl adjacent to an activating group) is 1. The van der Waals surface area contributed by atoms with Gasteiger partial charge in [0.2, 0.25) is 5.91 Å². The number of carbonyl (C=O) groups is 1. The largest absolute Gasteiger partial charge is 0.358 e. The van der Waals surface area contributed by atoms with Crippen LogP contribution in [0, 0.1) is 19.8 Å². The molecule has 1 aromatic carbocycles. The Balaban J connectivity index is 1.76. The topological polar surface area (TPSA) is 82.4 Å². The van der Waals surface area contributed by atoms with Crippen molar-refractivity contribution in [1.29, 1.82) is 0 Å². The van der Waals surface area contributed by atoms with Crippen LogP contribution in [0.4, 0.5) is 0 Å². The van der Waals surface area contributed by atoms with Gasteiger partial charge in [-0.15, -0.1) is 0 Å². The quantitative estimate of drug-likeness (QED) is 0.634. The van der Waals surface area contributed by atoms with E-state index in [0.717, 1.165) is 26.1 Å². The van der Waals surface area contributed by atoms with Gasteiger partial charge in [-0.05, 0) is 31.4 Å². The Bertz CT molecular complexity index is 605. The third-order valence-corrected chi connectivity index (χ3v) is 5.32. The first kappa shape index (κ1) is 17.4. The van der Waals surface area contributed by atoms with Crippen molar-refractivity contribution in [3.8, 4) is 0 Å². The number of likely N-dealkylation sites (tertiary alicyclic amines) is 1. The fourth-order valence-corrected chi connectivity index (χ4v) is 4.01. The number of carbonyl (C=O) groups excluding carboxylic acids is 1. The van der Waals surface area contributed by atoms with Crippen LogP contribution in [-0.4, -0.2) is 49.6 Å². The fourth-order valence-electron chi connectivity index (χ4n) is 4.01. The Hall–Kier alpha value is -1.47. The highest BCUT2D eigenvalue weighted by atomic mass is 16.2. The monoisotopic (exact) mass is 331 g/mol. The van der Waals surface area contributed by atoms with Crippen molar-refractivity contribution in [3.63, 3.8) is 0 Å². The van der Waals surface area contributed by atoms with Gasteiger partial charge in [0.1, 0.15) is 0 Å². The van der Waals surface area contributed by atoms with Gasteiger partial charge in [0.15, 0.2) is 0 Å². The number of hydrogen-bond acceptors (Lipinski definition) is 5. The van der Waals surface area contributed by atoms with E-state index in [1.54, 1.807) is 7.05 Å². The Labute approximate surface area is 144 Å². The van der Waals surface area contributed by atoms with Crippen molar-refractivity contribution in [2.75, 3.05) is 26.7 Å². The second kappa shape index (κ2) is 7.19. The average Bonchev–Trinajstić information content (AvgIpc) is 3.16. The third-order valence-electron chi connectivity index (χ3n) is 5.32. The minimum Gasteiger partial charge on any atom is -0.358 e. The fraction of sp³-hybridized carbons (Fsp3) is 0.611. The molecule has 2 aliphatic rings. The maximum absolute atomic E-state index is 12.2. The molecule has 2 fully saturated rings. The molecule has 6 heteroatoms. The lowest BCUT2D eigenvalue weighted by atomic mass is 9.90. The Kier molecular flexibility index (Phi) is 5.20. The SMILES string of the molecule is CNC(=O)[C@@H]1C[C@@H](N)CN1CC1CNNC1c1cc(C)ccc1C. The second-order valence-corrected chi connectivity index (χ2v) is 7.20. The number of aryl methyl sites for hydroxylation is 2. The van der Waals surface area contributed by atoms with Crippen LogP contribution in [0.1, 0.15) is 29.2 Å². The van der Waals surface area contributed by atoms with Crippen LogP contribution in [0.5, 0.6) is 0 Å². The summed E-state index contributed by atoms with van der Waals surface area (Å²) in [6, 6.07) is 6.82. The highest BCUT2D eigenvalue weighted by molar-refractivity contribution is 5.81. The van der Waals surface area contributed by atoms with Gasteiger partial charge < -0.3 is 11.1 Å². The molecule has 0 bridgehead atoms. The lowest BCUT2D eigenvalue weighted by Gasteiger charge is -2.29. The molecule has 0 aliphatic carbocycles. The highest BCUT2D eigenvalue weighted by Gasteiger charge is 2.38. The smallest absolute Gasteiger partial charge is 0.237 e. The van der Waals surface area contributed by atoms with E-state index >= 15 is 0 Å². The van der Waals surface area contributed by atoms with Gasteiger partial charge in [-0.2, -0.15) is 0 Å². The maximum atomic E-state index is 12.2. The predicted molar refractivity (Wildman–Crippen MR) is 95.3 cm³/mol. The van der Waals surface area contributed by atoms with E-state index in [2.05, 4.69) is 53.1 Å². The number of amides is 1. The molecule has 0 saturated carbocycles. The molecule has 4 atom stereocenters. The van der Waals surface area contributed by atoms with Gasteiger partial charge in [0.05, 0.1) is 12.1 Å². The van der Waals surface area contributed by atoms with Crippen molar-refractivity contribution in [1.82, 2.24) is 21.1 Å². The number of nitrogens with zero attached hydrogens (tertiary/aromatic N) is 1. The first-order valence-electron chi connectivity index (χ1n) is 8.76. The normalized spacial score (nSPS) is 30.7. The van der Waals surface area contributed by atoms with Crippen LogP contribution in [0.25, 0.3) is 0 Å². The minimum absolute atomic E-state index is 0.0742. The zero-order valence-electron chi connectivity index (χ0n) is 14.8. The molecule has 5 N–H and O–H groups in total. The van der Waals surface area contributed by atoms with E-state index in [-0.39, 0.29) is 24.0 Å². The van der Waals surface area contributed by atoms with Crippen LogP contribution >= 0.6 is 0 Å². The summed E-state index contributed by atoms with van der Waals surface area (Å²) in [5.41, 5.74) is 16.8. The molecule has 0 spiro atoms. The molecule has 0 radical (unpaired) electrons. The van der Waals surface area contributed by atoms with Gasteiger partial charge in [-0.1, -0.05) is 23.8 Å². The molecule has 0 aromatic heterocycles. The summed E-state index contributed by atoms with van der Waals surface area (Å²) in [4.78, 5) is 14.4. The van der Waals surface area contributed by atoms with Crippen molar-refractivity contribution < 1.29 is 4.79 Å². The van der Waals surface area contributed by atoms with Crippen LogP contribution in [0.3, 0.4) is 0 Å². The number of hydrazine groups is 1. The van der Waals surface area contributed by atoms with Gasteiger partial charge in [-0.3, -0.25) is 15.1 Å². The molecule has 132 valence electrons. The molecule has 2 unspecified atom stereocenters. The summed E-state index contributed by atoms with van der Waals surface area (Å²) < 4.78 is 0. The van der Waals surface area contributed by atoms with E-state index in [1.165, 1.54) is 16.7 Å². The number of hydrogen-bond donors (Lipinski definition) is 4. The molecule has 2 aliphatic heterocycles. The zero-order chi connectivity index (χ0) is 17.3. The summed E-state index contributed by atoms with van der Waals surface area (Å²) in [6.07, 6.45) is 0.737. The number of benzene rings is 1. The van der Waals surface area contributed by atoms with Gasteiger partial charge >= 0.3 is 0 Å². The Morgan fingerprint density at radius 1 is 1.42 bits per heavy atom. The van der Waals surface area contributed by atoms with Crippen LogP contribution in [0.2, 0.25) is 0 Å². The molecule has 1 amide bonds. The van der Waals surface area contributed by atoms with Gasteiger partial charge in [0, 0.05) is 38.6 Å². The van der Waals surface area contributed by atoms with Crippen molar-refractivity contribution in [2.45, 2.75) is 38.4 Å². The first-order chi connectivity index (χ1) is 11.5. The average molecular weight is 331 g/mol.